The van der Waals surface area contributed by atoms with Crippen LogP contribution < -0.4 is 11.1 Å². The number of anilines is 1. The Balaban J connectivity index is 1.82. The van der Waals surface area contributed by atoms with E-state index in [1.807, 2.05) is 37.3 Å². The molecule has 2 rings (SSSR count). The SMILES string of the molecule is Cc1nnc(NC(=O)[C@@H](N)CCc2ccccc2)s1. The van der Waals surface area contributed by atoms with Crippen molar-refractivity contribution in [3.05, 3.63) is 40.9 Å². The molecule has 1 heterocycles. The first-order valence-corrected chi connectivity index (χ1v) is 6.87. The highest BCUT2D eigenvalue weighted by atomic mass is 32.1. The molecule has 1 atom stereocenters. The zero-order chi connectivity index (χ0) is 13.7. The van der Waals surface area contributed by atoms with Crippen molar-refractivity contribution in [1.29, 1.82) is 0 Å². The summed E-state index contributed by atoms with van der Waals surface area (Å²) >= 11 is 1.34. The number of amides is 1. The number of benzene rings is 1. The Morgan fingerprint density at radius 1 is 1.37 bits per heavy atom. The summed E-state index contributed by atoms with van der Waals surface area (Å²) in [6, 6.07) is 9.44. The van der Waals surface area contributed by atoms with Gasteiger partial charge >= 0.3 is 0 Å². The van der Waals surface area contributed by atoms with Gasteiger partial charge in [-0.2, -0.15) is 0 Å². The van der Waals surface area contributed by atoms with E-state index >= 15 is 0 Å². The van der Waals surface area contributed by atoms with Gasteiger partial charge in [-0.15, -0.1) is 10.2 Å². The fraction of sp³-hybridized carbons (Fsp3) is 0.308. The summed E-state index contributed by atoms with van der Waals surface area (Å²) < 4.78 is 0. The van der Waals surface area contributed by atoms with Crippen LogP contribution in [0.2, 0.25) is 0 Å². The van der Waals surface area contributed by atoms with Gasteiger partial charge in [0.1, 0.15) is 5.01 Å². The van der Waals surface area contributed by atoms with Crippen LogP contribution in [0.5, 0.6) is 0 Å². The van der Waals surface area contributed by atoms with Gasteiger partial charge in [-0.25, -0.2) is 0 Å². The highest BCUT2D eigenvalue weighted by molar-refractivity contribution is 7.15. The first-order valence-electron chi connectivity index (χ1n) is 6.05. The van der Waals surface area contributed by atoms with Crippen molar-refractivity contribution in [2.45, 2.75) is 25.8 Å². The summed E-state index contributed by atoms with van der Waals surface area (Å²) in [5, 5.41) is 11.7. The van der Waals surface area contributed by atoms with Crippen molar-refractivity contribution in [1.82, 2.24) is 10.2 Å². The molecule has 19 heavy (non-hydrogen) atoms. The van der Waals surface area contributed by atoms with Gasteiger partial charge in [0, 0.05) is 0 Å². The molecule has 0 spiro atoms. The minimum Gasteiger partial charge on any atom is -0.320 e. The Morgan fingerprint density at radius 2 is 2.11 bits per heavy atom. The van der Waals surface area contributed by atoms with Gasteiger partial charge in [-0.05, 0) is 25.3 Å². The Morgan fingerprint density at radius 3 is 2.74 bits per heavy atom. The van der Waals surface area contributed by atoms with Crippen LogP contribution in [0.25, 0.3) is 0 Å². The third-order valence-electron chi connectivity index (χ3n) is 2.68. The van der Waals surface area contributed by atoms with Crippen LogP contribution in [0.1, 0.15) is 17.0 Å². The lowest BCUT2D eigenvalue weighted by molar-refractivity contribution is -0.117. The molecule has 5 nitrogen and oxygen atoms in total. The summed E-state index contributed by atoms with van der Waals surface area (Å²) in [6.45, 7) is 1.84. The number of aromatic nitrogens is 2. The fourth-order valence-corrected chi connectivity index (χ4v) is 2.24. The van der Waals surface area contributed by atoms with Crippen molar-refractivity contribution in [2.24, 2.45) is 5.73 Å². The number of carbonyl (C=O) groups is 1. The smallest absolute Gasteiger partial charge is 0.243 e. The van der Waals surface area contributed by atoms with Crippen molar-refractivity contribution >= 4 is 22.4 Å². The monoisotopic (exact) mass is 276 g/mol. The summed E-state index contributed by atoms with van der Waals surface area (Å²) in [4.78, 5) is 11.8. The Kier molecular flexibility index (Phi) is 4.59. The van der Waals surface area contributed by atoms with Gasteiger partial charge < -0.3 is 5.73 Å². The largest absolute Gasteiger partial charge is 0.320 e. The lowest BCUT2D eigenvalue weighted by Crippen LogP contribution is -2.36. The molecule has 6 heteroatoms. The highest BCUT2D eigenvalue weighted by Gasteiger charge is 2.15. The molecule has 100 valence electrons. The molecule has 0 unspecified atom stereocenters. The zero-order valence-electron chi connectivity index (χ0n) is 10.7. The summed E-state index contributed by atoms with van der Waals surface area (Å²) in [7, 11) is 0. The Bertz CT molecular complexity index is 541. The molecule has 1 aromatic heterocycles. The number of nitrogens with zero attached hydrogens (tertiary/aromatic N) is 2. The molecule has 1 amide bonds. The number of hydrogen-bond donors (Lipinski definition) is 2. The van der Waals surface area contributed by atoms with Gasteiger partial charge in [0.2, 0.25) is 11.0 Å². The predicted octanol–water partition coefficient (Wildman–Crippen LogP) is 1.75. The van der Waals surface area contributed by atoms with E-state index in [4.69, 9.17) is 5.73 Å². The standard InChI is InChI=1S/C13H16N4OS/c1-9-16-17-13(19-9)15-12(18)11(14)8-7-10-5-3-2-4-6-10/h2-6,11H,7-8,14H2,1H3,(H,15,17,18)/t11-/m0/s1. The van der Waals surface area contributed by atoms with E-state index < -0.39 is 6.04 Å². The van der Waals surface area contributed by atoms with E-state index in [0.717, 1.165) is 11.4 Å². The van der Waals surface area contributed by atoms with Gasteiger partial charge in [-0.1, -0.05) is 41.7 Å². The molecule has 2 aromatic rings. The number of rotatable bonds is 5. The number of nitrogens with two attached hydrogens (primary N) is 1. The average molecular weight is 276 g/mol. The summed E-state index contributed by atoms with van der Waals surface area (Å²) in [5.41, 5.74) is 7.04. The molecule has 0 aliphatic carbocycles. The second kappa shape index (κ2) is 6.40. The number of hydrogen-bond acceptors (Lipinski definition) is 5. The molecule has 0 bridgehead atoms. The number of carbonyl (C=O) groups excluding carboxylic acids is 1. The molecule has 3 N–H and O–H groups in total. The molecule has 0 saturated heterocycles. The molecule has 0 aliphatic heterocycles. The van der Waals surface area contributed by atoms with Gasteiger partial charge in [0.05, 0.1) is 6.04 Å². The third kappa shape index (κ3) is 4.11. The normalized spacial score (nSPS) is 12.1. The molecule has 0 radical (unpaired) electrons. The van der Waals surface area contributed by atoms with Crippen LogP contribution in [0.3, 0.4) is 0 Å². The molecule has 0 aliphatic rings. The fourth-order valence-electron chi connectivity index (χ4n) is 1.64. The van der Waals surface area contributed by atoms with E-state index in [1.54, 1.807) is 0 Å². The second-order valence-electron chi connectivity index (χ2n) is 4.25. The molecule has 0 fully saturated rings. The van der Waals surface area contributed by atoms with E-state index in [-0.39, 0.29) is 5.91 Å². The molecule has 1 aromatic carbocycles. The highest BCUT2D eigenvalue weighted by Crippen LogP contribution is 2.14. The predicted molar refractivity (Wildman–Crippen MR) is 76.0 cm³/mol. The van der Waals surface area contributed by atoms with E-state index in [1.165, 1.54) is 16.9 Å². The number of nitrogens with one attached hydrogen (secondary N) is 1. The third-order valence-corrected chi connectivity index (χ3v) is 3.43. The van der Waals surface area contributed by atoms with E-state index in [2.05, 4.69) is 15.5 Å². The average Bonchev–Trinajstić information content (AvgIpc) is 2.82. The minimum atomic E-state index is -0.538. The van der Waals surface area contributed by atoms with Crippen LogP contribution in [0, 0.1) is 6.92 Å². The topological polar surface area (TPSA) is 80.9 Å². The van der Waals surface area contributed by atoms with Crippen LogP contribution in [0.4, 0.5) is 5.13 Å². The van der Waals surface area contributed by atoms with Crippen LogP contribution in [-0.4, -0.2) is 22.1 Å². The van der Waals surface area contributed by atoms with E-state index in [0.29, 0.717) is 11.6 Å². The lowest BCUT2D eigenvalue weighted by Gasteiger charge is -2.10. The molecular formula is C13H16N4OS. The van der Waals surface area contributed by atoms with Crippen molar-refractivity contribution in [2.75, 3.05) is 5.32 Å². The maximum absolute atomic E-state index is 11.8. The molecule has 0 saturated carbocycles. The van der Waals surface area contributed by atoms with Gasteiger partial charge in [-0.3, -0.25) is 10.1 Å². The minimum absolute atomic E-state index is 0.216. The maximum atomic E-state index is 11.8. The number of aryl methyl sites for hydroxylation is 2. The first-order chi connectivity index (χ1) is 9.15. The zero-order valence-corrected chi connectivity index (χ0v) is 11.5. The second-order valence-corrected chi connectivity index (χ2v) is 5.43. The van der Waals surface area contributed by atoms with Crippen LogP contribution in [-0.2, 0) is 11.2 Å². The maximum Gasteiger partial charge on any atom is 0.243 e. The Labute approximate surface area is 115 Å². The van der Waals surface area contributed by atoms with Gasteiger partial charge in [0.25, 0.3) is 0 Å². The van der Waals surface area contributed by atoms with E-state index in [9.17, 15) is 4.79 Å². The molecular weight excluding hydrogens is 260 g/mol. The first kappa shape index (κ1) is 13.6. The van der Waals surface area contributed by atoms with Crippen LogP contribution in [0.15, 0.2) is 30.3 Å². The van der Waals surface area contributed by atoms with Crippen molar-refractivity contribution in [3.8, 4) is 0 Å². The summed E-state index contributed by atoms with van der Waals surface area (Å²) in [5.74, 6) is -0.216. The van der Waals surface area contributed by atoms with Crippen molar-refractivity contribution < 1.29 is 4.79 Å². The summed E-state index contributed by atoms with van der Waals surface area (Å²) in [6.07, 6.45) is 1.39. The van der Waals surface area contributed by atoms with Crippen LogP contribution >= 0.6 is 11.3 Å². The quantitative estimate of drug-likeness (QED) is 0.871. The van der Waals surface area contributed by atoms with Gasteiger partial charge in [0.15, 0.2) is 0 Å². The van der Waals surface area contributed by atoms with Crippen molar-refractivity contribution in [3.63, 3.8) is 0 Å². The lowest BCUT2D eigenvalue weighted by atomic mass is 10.1. The Hall–Kier alpha value is -1.79.